The molecule has 1 aromatic heterocycles. The number of hydrogen-bond acceptors (Lipinski definition) is 6. The first-order valence-corrected chi connectivity index (χ1v) is 8.42. The van der Waals surface area contributed by atoms with Crippen molar-refractivity contribution in [3.63, 3.8) is 0 Å². The summed E-state index contributed by atoms with van der Waals surface area (Å²) in [7, 11) is 0. The average molecular weight is 378 g/mol. The number of carbonyl (C=O) groups is 2. The van der Waals surface area contributed by atoms with Crippen LogP contribution in [0, 0.1) is 11.2 Å². The van der Waals surface area contributed by atoms with Gasteiger partial charge in [0, 0.05) is 25.8 Å². The molecule has 0 aliphatic carbocycles. The maximum atomic E-state index is 13.5. The van der Waals surface area contributed by atoms with Crippen LogP contribution in [0.5, 0.6) is 5.75 Å². The predicted molar refractivity (Wildman–Crippen MR) is 89.7 cm³/mol. The van der Waals surface area contributed by atoms with Crippen LogP contribution >= 0.6 is 0 Å². The van der Waals surface area contributed by atoms with Gasteiger partial charge in [-0.1, -0.05) is 17.3 Å². The molecular weight excluding hydrogens is 359 g/mol. The molecule has 1 aliphatic rings. The van der Waals surface area contributed by atoms with E-state index in [4.69, 9.17) is 14.0 Å². The molecule has 1 amide bonds. The summed E-state index contributed by atoms with van der Waals surface area (Å²) < 4.78 is 29.0. The lowest BCUT2D eigenvalue weighted by molar-refractivity contribution is -0.154. The Morgan fingerprint density at radius 1 is 1.30 bits per heavy atom. The van der Waals surface area contributed by atoms with Crippen molar-refractivity contribution in [3.05, 3.63) is 47.6 Å². The molecule has 2 aromatic rings. The highest BCUT2D eigenvalue weighted by Crippen LogP contribution is 2.30. The topological polar surface area (TPSA) is 111 Å². The van der Waals surface area contributed by atoms with Gasteiger partial charge in [0.1, 0.15) is 6.61 Å². The zero-order valence-corrected chi connectivity index (χ0v) is 14.4. The number of benzene rings is 1. The molecule has 144 valence electrons. The van der Waals surface area contributed by atoms with E-state index in [0.717, 1.165) is 0 Å². The smallest absolute Gasteiger partial charge is 0.311 e. The number of nitrogens with zero attached hydrogens (tertiary/aromatic N) is 1. The molecule has 0 atom stereocenters. The minimum atomic E-state index is -1.05. The Labute approximate surface area is 154 Å². The lowest BCUT2D eigenvalue weighted by Crippen LogP contribution is -2.46. The molecule has 1 aromatic carbocycles. The lowest BCUT2D eigenvalue weighted by Gasteiger charge is -2.32. The van der Waals surface area contributed by atoms with Crippen LogP contribution in [0.4, 0.5) is 4.39 Å². The molecule has 1 fully saturated rings. The number of hydrogen-bond donors (Lipinski definition) is 2. The van der Waals surface area contributed by atoms with E-state index in [2.05, 4.69) is 10.5 Å². The monoisotopic (exact) mass is 378 g/mol. The van der Waals surface area contributed by atoms with Crippen LogP contribution in [-0.4, -0.2) is 41.9 Å². The number of aliphatic carboxylic acids is 1. The largest absolute Gasteiger partial charge is 0.482 e. The van der Waals surface area contributed by atoms with Gasteiger partial charge in [0.25, 0.3) is 5.91 Å². The summed E-state index contributed by atoms with van der Waals surface area (Å²) in [4.78, 5) is 23.8. The van der Waals surface area contributed by atoms with Crippen LogP contribution in [-0.2, 0) is 16.1 Å². The van der Waals surface area contributed by atoms with Crippen molar-refractivity contribution in [2.75, 3.05) is 19.8 Å². The first-order valence-electron chi connectivity index (χ1n) is 8.42. The molecule has 27 heavy (non-hydrogen) atoms. The van der Waals surface area contributed by atoms with Gasteiger partial charge < -0.3 is 24.4 Å². The number of para-hydroxylation sites is 1. The molecule has 9 heteroatoms. The van der Waals surface area contributed by atoms with E-state index in [1.807, 2.05) is 0 Å². The Hall–Kier alpha value is -2.94. The summed E-state index contributed by atoms with van der Waals surface area (Å²) in [5.41, 5.74) is -1.05. The van der Waals surface area contributed by atoms with Crippen LogP contribution < -0.4 is 10.1 Å². The van der Waals surface area contributed by atoms with Gasteiger partial charge in [-0.25, -0.2) is 4.39 Å². The third-order valence-corrected chi connectivity index (χ3v) is 4.49. The Bertz CT molecular complexity index is 816. The number of carboxylic acids is 1. The molecule has 0 saturated carbocycles. The fourth-order valence-electron chi connectivity index (χ4n) is 2.77. The van der Waals surface area contributed by atoms with Gasteiger partial charge in [-0.15, -0.1) is 0 Å². The molecule has 0 spiro atoms. The number of aromatic nitrogens is 1. The minimum Gasteiger partial charge on any atom is -0.482 e. The zero-order valence-electron chi connectivity index (χ0n) is 14.4. The highest BCUT2D eigenvalue weighted by molar-refractivity contribution is 5.92. The van der Waals surface area contributed by atoms with Gasteiger partial charge in [0.2, 0.25) is 0 Å². The molecule has 0 unspecified atom stereocenters. The summed E-state index contributed by atoms with van der Waals surface area (Å²) in [6.45, 7) is 0.545. The van der Waals surface area contributed by atoms with Gasteiger partial charge in [-0.05, 0) is 25.0 Å². The van der Waals surface area contributed by atoms with Crippen LogP contribution in [0.3, 0.4) is 0 Å². The Kier molecular flexibility index (Phi) is 5.70. The SMILES string of the molecule is O=C(NCC1(C(=O)O)CCOCC1)c1cc(COc2ccccc2F)on1. The van der Waals surface area contributed by atoms with Crippen molar-refractivity contribution >= 4 is 11.9 Å². The highest BCUT2D eigenvalue weighted by Gasteiger charge is 2.40. The number of nitrogens with one attached hydrogen (secondary N) is 1. The second-order valence-corrected chi connectivity index (χ2v) is 6.28. The van der Waals surface area contributed by atoms with Crippen LogP contribution in [0.2, 0.25) is 0 Å². The average Bonchev–Trinajstić information content (AvgIpc) is 3.15. The molecule has 0 bridgehead atoms. The number of rotatable bonds is 7. The molecule has 1 aliphatic heterocycles. The number of amides is 1. The Morgan fingerprint density at radius 2 is 2.04 bits per heavy atom. The molecule has 1 saturated heterocycles. The number of carboxylic acid groups (broad SMARTS) is 1. The third kappa shape index (κ3) is 4.43. The number of ether oxygens (including phenoxy) is 2. The normalized spacial score (nSPS) is 15.9. The standard InChI is InChI=1S/C18H19FN2O6/c19-13-3-1-2-4-15(13)26-10-12-9-14(21-27-12)16(22)20-11-18(17(23)24)5-7-25-8-6-18/h1-4,9H,5-8,10-11H2,(H,20,22)(H,23,24). The fraction of sp³-hybridized carbons (Fsp3) is 0.389. The van der Waals surface area contributed by atoms with Gasteiger partial charge in [-0.3, -0.25) is 9.59 Å². The Balaban J connectivity index is 1.56. The van der Waals surface area contributed by atoms with E-state index in [1.54, 1.807) is 12.1 Å². The van der Waals surface area contributed by atoms with Crippen molar-refractivity contribution in [1.29, 1.82) is 0 Å². The van der Waals surface area contributed by atoms with E-state index in [9.17, 15) is 19.1 Å². The van der Waals surface area contributed by atoms with Crippen molar-refractivity contribution in [2.24, 2.45) is 5.41 Å². The third-order valence-electron chi connectivity index (χ3n) is 4.49. The van der Waals surface area contributed by atoms with Gasteiger partial charge >= 0.3 is 5.97 Å². The maximum Gasteiger partial charge on any atom is 0.311 e. The summed E-state index contributed by atoms with van der Waals surface area (Å²) in [5.74, 6) is -1.73. The molecule has 8 nitrogen and oxygen atoms in total. The van der Waals surface area contributed by atoms with Gasteiger partial charge in [-0.2, -0.15) is 0 Å². The molecule has 2 heterocycles. The highest BCUT2D eigenvalue weighted by atomic mass is 19.1. The summed E-state index contributed by atoms with van der Waals surface area (Å²) >= 11 is 0. The van der Waals surface area contributed by atoms with Crippen molar-refractivity contribution < 1.29 is 33.1 Å². The first-order chi connectivity index (χ1) is 13.0. The van der Waals surface area contributed by atoms with Crippen LogP contribution in [0.15, 0.2) is 34.9 Å². The molecule has 3 rings (SSSR count). The first kappa shape index (κ1) is 18.8. The lowest BCUT2D eigenvalue weighted by atomic mass is 9.80. The van der Waals surface area contributed by atoms with E-state index < -0.39 is 23.1 Å². The quantitative estimate of drug-likeness (QED) is 0.758. The fourth-order valence-corrected chi connectivity index (χ4v) is 2.77. The second-order valence-electron chi connectivity index (χ2n) is 6.28. The van der Waals surface area contributed by atoms with Crippen molar-refractivity contribution in [2.45, 2.75) is 19.4 Å². The zero-order chi connectivity index (χ0) is 19.3. The maximum absolute atomic E-state index is 13.5. The summed E-state index contributed by atoms with van der Waals surface area (Å²) in [6, 6.07) is 7.28. The number of carbonyl (C=O) groups excluding carboxylic acids is 1. The van der Waals surface area contributed by atoms with Gasteiger partial charge in [0.15, 0.2) is 23.0 Å². The molecular formula is C18H19FN2O6. The van der Waals surface area contributed by atoms with Crippen LogP contribution in [0.25, 0.3) is 0 Å². The van der Waals surface area contributed by atoms with Gasteiger partial charge in [0.05, 0.1) is 5.41 Å². The van der Waals surface area contributed by atoms with Crippen molar-refractivity contribution in [3.8, 4) is 5.75 Å². The van der Waals surface area contributed by atoms with E-state index >= 15 is 0 Å². The molecule has 0 radical (unpaired) electrons. The second kappa shape index (κ2) is 8.17. The predicted octanol–water partition coefficient (Wildman–Crippen LogP) is 2.00. The van der Waals surface area contributed by atoms with E-state index in [0.29, 0.717) is 26.1 Å². The van der Waals surface area contributed by atoms with E-state index in [-0.39, 0.29) is 30.4 Å². The minimum absolute atomic E-state index is 0.00488. The van der Waals surface area contributed by atoms with E-state index in [1.165, 1.54) is 18.2 Å². The summed E-state index contributed by atoms with van der Waals surface area (Å²) in [6.07, 6.45) is 0.645. The summed E-state index contributed by atoms with van der Waals surface area (Å²) in [5, 5.41) is 15.7. The Morgan fingerprint density at radius 3 is 2.74 bits per heavy atom. The number of halogens is 1. The van der Waals surface area contributed by atoms with Crippen molar-refractivity contribution in [1.82, 2.24) is 10.5 Å². The van der Waals surface area contributed by atoms with Crippen LogP contribution in [0.1, 0.15) is 29.1 Å². The molecule has 2 N–H and O–H groups in total.